The Morgan fingerprint density at radius 3 is 2.50 bits per heavy atom. The Kier molecular flexibility index (Phi) is 5.52. The van der Waals surface area contributed by atoms with Crippen LogP contribution in [0.5, 0.6) is 0 Å². The highest BCUT2D eigenvalue weighted by Crippen LogP contribution is 2.30. The number of pyridine rings is 1. The van der Waals surface area contributed by atoms with Crippen molar-refractivity contribution in [3.05, 3.63) is 47.5 Å². The SMILES string of the molecule is CCOC(=O)c1cc2c(-c3cnn(C(=O)OC(C)(C)C)c3)ccn2c(C(C)=O)c1C. The summed E-state index contributed by atoms with van der Waals surface area (Å²) in [6.45, 7) is 10.5. The van der Waals surface area contributed by atoms with Crippen molar-refractivity contribution in [3.8, 4) is 11.1 Å². The molecule has 3 aromatic heterocycles. The summed E-state index contributed by atoms with van der Waals surface area (Å²) in [7, 11) is 0. The topological polar surface area (TPSA) is 91.9 Å². The van der Waals surface area contributed by atoms with E-state index in [1.807, 2.05) is 6.07 Å². The van der Waals surface area contributed by atoms with Gasteiger partial charge in [0.05, 0.1) is 29.6 Å². The Morgan fingerprint density at radius 1 is 1.20 bits per heavy atom. The number of hydrogen-bond acceptors (Lipinski definition) is 6. The smallest absolute Gasteiger partial charge is 0.435 e. The molecule has 0 unspecified atom stereocenters. The predicted molar refractivity (Wildman–Crippen MR) is 111 cm³/mol. The third-order valence-corrected chi connectivity index (χ3v) is 4.51. The first-order chi connectivity index (χ1) is 14.0. The molecule has 0 aliphatic rings. The molecule has 0 spiro atoms. The van der Waals surface area contributed by atoms with Crippen molar-refractivity contribution >= 4 is 23.4 Å². The van der Waals surface area contributed by atoms with Crippen LogP contribution < -0.4 is 0 Å². The minimum absolute atomic E-state index is 0.171. The Balaban J connectivity index is 2.14. The molecule has 3 heterocycles. The van der Waals surface area contributed by atoms with Crippen molar-refractivity contribution in [3.63, 3.8) is 0 Å². The average molecular weight is 411 g/mol. The fourth-order valence-electron chi connectivity index (χ4n) is 3.31. The van der Waals surface area contributed by atoms with E-state index in [-0.39, 0.29) is 12.4 Å². The Hall–Kier alpha value is -3.42. The fourth-order valence-corrected chi connectivity index (χ4v) is 3.31. The highest BCUT2D eigenvalue weighted by molar-refractivity contribution is 6.02. The summed E-state index contributed by atoms with van der Waals surface area (Å²) in [4.78, 5) is 37.1. The standard InChI is InChI=1S/C22H25N3O5/c1-7-29-20(27)17-10-18-16(8-9-24(18)19(13(17)2)14(3)26)15-11-23-25(12-15)21(28)30-22(4,5)6/h8-12H,7H2,1-6H3. The van der Waals surface area contributed by atoms with E-state index in [0.29, 0.717) is 27.9 Å². The summed E-state index contributed by atoms with van der Waals surface area (Å²) >= 11 is 0. The quantitative estimate of drug-likeness (QED) is 0.470. The van der Waals surface area contributed by atoms with E-state index in [1.54, 1.807) is 57.5 Å². The van der Waals surface area contributed by atoms with E-state index < -0.39 is 17.7 Å². The number of ether oxygens (including phenoxy) is 2. The third kappa shape index (κ3) is 3.98. The van der Waals surface area contributed by atoms with Gasteiger partial charge in [0.25, 0.3) is 0 Å². The molecule has 0 amide bonds. The number of aromatic nitrogens is 3. The van der Waals surface area contributed by atoms with Crippen molar-refractivity contribution in [1.82, 2.24) is 14.2 Å². The number of carbonyl (C=O) groups excluding carboxylic acids is 3. The van der Waals surface area contributed by atoms with Gasteiger partial charge in [0.15, 0.2) is 5.78 Å². The molecule has 0 atom stereocenters. The number of carbonyl (C=O) groups is 3. The molecule has 0 N–H and O–H groups in total. The summed E-state index contributed by atoms with van der Waals surface area (Å²) < 4.78 is 13.4. The predicted octanol–water partition coefficient (Wildman–Crippen LogP) is 4.27. The van der Waals surface area contributed by atoms with Crippen LogP contribution in [-0.2, 0) is 9.47 Å². The molecule has 8 heteroatoms. The molecule has 0 radical (unpaired) electrons. The number of rotatable bonds is 4. The van der Waals surface area contributed by atoms with Crippen LogP contribution in [0.1, 0.15) is 61.0 Å². The summed E-state index contributed by atoms with van der Waals surface area (Å²) in [6, 6.07) is 3.51. The van der Waals surface area contributed by atoms with Gasteiger partial charge in [0, 0.05) is 30.4 Å². The molecule has 3 rings (SSSR count). The summed E-state index contributed by atoms with van der Waals surface area (Å²) in [5.41, 5.74) is 2.65. The Labute approximate surface area is 174 Å². The van der Waals surface area contributed by atoms with E-state index >= 15 is 0 Å². The van der Waals surface area contributed by atoms with Crippen molar-refractivity contribution in [1.29, 1.82) is 0 Å². The molecule has 30 heavy (non-hydrogen) atoms. The zero-order valence-electron chi connectivity index (χ0n) is 18.0. The number of Topliss-reactive ketones (excluding diaryl/α,β-unsaturated/α-hetero) is 1. The zero-order valence-corrected chi connectivity index (χ0v) is 18.0. The molecule has 0 aliphatic carbocycles. The van der Waals surface area contributed by atoms with Gasteiger partial charge in [-0.3, -0.25) is 4.79 Å². The van der Waals surface area contributed by atoms with Crippen LogP contribution >= 0.6 is 0 Å². The maximum absolute atomic E-state index is 12.5. The number of esters is 1. The van der Waals surface area contributed by atoms with Crippen LogP contribution in [0.3, 0.4) is 0 Å². The van der Waals surface area contributed by atoms with Crippen LogP contribution in [-0.4, -0.2) is 44.2 Å². The van der Waals surface area contributed by atoms with Crippen molar-refractivity contribution in [2.24, 2.45) is 0 Å². The van der Waals surface area contributed by atoms with Gasteiger partial charge < -0.3 is 13.9 Å². The van der Waals surface area contributed by atoms with Crippen LogP contribution in [0.25, 0.3) is 16.6 Å². The number of nitrogens with zero attached hydrogens (tertiary/aromatic N) is 3. The second-order valence-corrected chi connectivity index (χ2v) is 7.95. The molecule has 0 saturated carbocycles. The lowest BCUT2D eigenvalue weighted by Gasteiger charge is -2.18. The summed E-state index contributed by atoms with van der Waals surface area (Å²) in [5, 5.41) is 4.10. The summed E-state index contributed by atoms with van der Waals surface area (Å²) in [6.07, 6.45) is 4.26. The van der Waals surface area contributed by atoms with Gasteiger partial charge in [-0.1, -0.05) is 0 Å². The first-order valence-corrected chi connectivity index (χ1v) is 9.64. The van der Waals surface area contributed by atoms with E-state index in [0.717, 1.165) is 10.2 Å². The molecule has 0 bridgehead atoms. The second kappa shape index (κ2) is 7.78. The number of fused-ring (bicyclic) bond motifs is 1. The maximum Gasteiger partial charge on any atom is 0.435 e. The first-order valence-electron chi connectivity index (χ1n) is 9.64. The largest absolute Gasteiger partial charge is 0.462 e. The molecule has 8 nitrogen and oxygen atoms in total. The van der Waals surface area contributed by atoms with E-state index in [9.17, 15) is 14.4 Å². The maximum atomic E-state index is 12.5. The molecule has 0 aliphatic heterocycles. The van der Waals surface area contributed by atoms with Gasteiger partial charge in [-0.2, -0.15) is 9.78 Å². The van der Waals surface area contributed by atoms with Crippen LogP contribution in [0.15, 0.2) is 30.7 Å². The first kappa shape index (κ1) is 21.3. The molecule has 0 aromatic carbocycles. The monoisotopic (exact) mass is 411 g/mol. The minimum atomic E-state index is -0.644. The fraction of sp³-hybridized carbons (Fsp3) is 0.364. The van der Waals surface area contributed by atoms with Crippen LogP contribution in [0, 0.1) is 6.92 Å². The average Bonchev–Trinajstić information content (AvgIpc) is 3.25. The van der Waals surface area contributed by atoms with Crippen LogP contribution in [0.2, 0.25) is 0 Å². The van der Waals surface area contributed by atoms with Gasteiger partial charge in [-0.05, 0) is 52.3 Å². The van der Waals surface area contributed by atoms with E-state index in [1.165, 1.54) is 13.1 Å². The van der Waals surface area contributed by atoms with E-state index in [2.05, 4.69) is 5.10 Å². The van der Waals surface area contributed by atoms with Gasteiger partial charge >= 0.3 is 12.1 Å². The highest BCUT2D eigenvalue weighted by atomic mass is 16.6. The lowest BCUT2D eigenvalue weighted by molar-refractivity contribution is 0.0508. The lowest BCUT2D eigenvalue weighted by atomic mass is 10.0. The molecule has 0 saturated heterocycles. The normalized spacial score (nSPS) is 11.5. The molecule has 0 fully saturated rings. The molecular weight excluding hydrogens is 386 g/mol. The van der Waals surface area contributed by atoms with E-state index in [4.69, 9.17) is 9.47 Å². The highest BCUT2D eigenvalue weighted by Gasteiger charge is 2.23. The Morgan fingerprint density at radius 2 is 1.90 bits per heavy atom. The van der Waals surface area contributed by atoms with Crippen molar-refractivity contribution in [2.75, 3.05) is 6.61 Å². The number of hydrogen-bond donors (Lipinski definition) is 0. The molecular formula is C22H25N3O5. The van der Waals surface area contributed by atoms with Crippen molar-refractivity contribution < 1.29 is 23.9 Å². The molecule has 158 valence electrons. The minimum Gasteiger partial charge on any atom is -0.462 e. The Bertz CT molecular complexity index is 1150. The lowest BCUT2D eigenvalue weighted by Crippen LogP contribution is -2.27. The third-order valence-electron chi connectivity index (χ3n) is 4.51. The number of ketones is 1. The van der Waals surface area contributed by atoms with Gasteiger partial charge in [0.1, 0.15) is 5.60 Å². The second-order valence-electron chi connectivity index (χ2n) is 7.95. The van der Waals surface area contributed by atoms with Gasteiger partial charge in [-0.15, -0.1) is 0 Å². The van der Waals surface area contributed by atoms with Gasteiger partial charge in [0.2, 0.25) is 0 Å². The summed E-state index contributed by atoms with van der Waals surface area (Å²) in [5.74, 6) is -0.660. The zero-order chi connectivity index (χ0) is 22.2. The van der Waals surface area contributed by atoms with Crippen molar-refractivity contribution in [2.45, 2.75) is 47.1 Å². The molecule has 3 aromatic rings. The van der Waals surface area contributed by atoms with Crippen LogP contribution in [0.4, 0.5) is 4.79 Å². The van der Waals surface area contributed by atoms with Gasteiger partial charge in [-0.25, -0.2) is 9.59 Å².